The second kappa shape index (κ2) is 5.05. The predicted octanol–water partition coefficient (Wildman–Crippen LogP) is -0.598. The summed E-state index contributed by atoms with van der Waals surface area (Å²) in [4.78, 5) is 2.87. The highest BCUT2D eigenvalue weighted by molar-refractivity contribution is 7.93. The minimum Gasteiger partial charge on any atom is -0.272 e. The number of hydrogen-bond acceptors (Lipinski definition) is 6. The molecule has 0 saturated heterocycles. The molecule has 2 aromatic rings. The molecule has 0 radical (unpaired) electrons. The molecule has 0 unspecified atom stereocenters. The van der Waals surface area contributed by atoms with Crippen LogP contribution in [0.1, 0.15) is 0 Å². The largest absolute Gasteiger partial charge is 0.283 e. The summed E-state index contributed by atoms with van der Waals surface area (Å²) in [5.41, 5.74) is 0. The number of nitrogens with one attached hydrogen (secondary N) is 1. The van der Waals surface area contributed by atoms with Crippen LogP contribution in [0.4, 0.5) is 10.2 Å². The summed E-state index contributed by atoms with van der Waals surface area (Å²) in [5, 5.41) is 7.71. The van der Waals surface area contributed by atoms with E-state index in [2.05, 4.69) is 10.1 Å². The van der Waals surface area contributed by atoms with Gasteiger partial charge in [-0.1, -0.05) is 0 Å². The molecule has 0 spiro atoms. The van der Waals surface area contributed by atoms with E-state index < -0.39 is 41.6 Å². The summed E-state index contributed by atoms with van der Waals surface area (Å²) in [5.74, 6) is -1.62. The Morgan fingerprint density at radius 3 is 2.57 bits per heavy atom. The van der Waals surface area contributed by atoms with Gasteiger partial charge in [0.15, 0.2) is 11.6 Å². The van der Waals surface area contributed by atoms with E-state index >= 15 is 0 Å². The van der Waals surface area contributed by atoms with Gasteiger partial charge in [-0.3, -0.25) is 9.40 Å². The molecule has 0 fully saturated rings. The number of nitrogens with two attached hydrogens (primary N) is 1. The molecule has 114 valence electrons. The second-order valence-corrected chi connectivity index (χ2v) is 7.08. The number of nitrogens with zero attached hydrogens (tertiary/aromatic N) is 3. The summed E-state index contributed by atoms with van der Waals surface area (Å²) >= 11 is 0. The number of anilines is 1. The molecule has 3 N–H and O–H groups in total. The third kappa shape index (κ3) is 3.17. The van der Waals surface area contributed by atoms with Gasteiger partial charge in [-0.2, -0.15) is 13.5 Å². The van der Waals surface area contributed by atoms with E-state index in [-0.39, 0.29) is 0 Å². The van der Waals surface area contributed by atoms with Crippen LogP contribution in [0.2, 0.25) is 0 Å². The van der Waals surface area contributed by atoms with Gasteiger partial charge in [0.1, 0.15) is 4.90 Å². The number of rotatable bonds is 4. The summed E-state index contributed by atoms with van der Waals surface area (Å²) in [6.07, 6.45) is 2.10. The number of primary sulfonamides is 1. The van der Waals surface area contributed by atoms with Gasteiger partial charge in [-0.05, 0) is 12.1 Å². The van der Waals surface area contributed by atoms with Crippen molar-refractivity contribution in [2.75, 3.05) is 4.72 Å². The topological polar surface area (TPSA) is 137 Å². The van der Waals surface area contributed by atoms with E-state index in [4.69, 9.17) is 5.14 Å². The zero-order valence-corrected chi connectivity index (χ0v) is 12.2. The summed E-state index contributed by atoms with van der Waals surface area (Å²) < 4.78 is 63.1. The van der Waals surface area contributed by atoms with Crippen LogP contribution in [0.5, 0.6) is 0 Å². The highest BCUT2D eigenvalue weighted by atomic mass is 32.2. The van der Waals surface area contributed by atoms with Crippen LogP contribution in [0.3, 0.4) is 0 Å². The molecule has 0 saturated carbocycles. The standard InChI is InChI=1S/C9H10FN5O4S2/c1-15-5-7(20(11,16)17)8(13-15)14-21(18,19)9-6(10)3-2-4-12-9/h2-5H,1H3,(H,13,14)(H2,11,16,17). The van der Waals surface area contributed by atoms with Gasteiger partial charge in [0.2, 0.25) is 15.0 Å². The third-order valence-corrected chi connectivity index (χ3v) is 4.50. The quantitative estimate of drug-likeness (QED) is 0.765. The van der Waals surface area contributed by atoms with Crippen molar-refractivity contribution in [2.45, 2.75) is 9.92 Å². The Morgan fingerprint density at radius 2 is 2.00 bits per heavy atom. The lowest BCUT2D eigenvalue weighted by Gasteiger charge is -2.06. The monoisotopic (exact) mass is 335 g/mol. The van der Waals surface area contributed by atoms with Crippen LogP contribution < -0.4 is 9.86 Å². The van der Waals surface area contributed by atoms with Crippen molar-refractivity contribution >= 4 is 25.9 Å². The SMILES string of the molecule is Cn1cc(S(N)(=O)=O)c(NS(=O)(=O)c2ncccc2F)n1. The number of sulfonamides is 2. The normalized spacial score (nSPS) is 12.3. The van der Waals surface area contributed by atoms with Crippen LogP contribution in [0.25, 0.3) is 0 Å². The number of pyridine rings is 1. The minimum absolute atomic E-state index is 0.537. The molecule has 21 heavy (non-hydrogen) atoms. The average molecular weight is 335 g/mol. The van der Waals surface area contributed by atoms with Crippen molar-refractivity contribution < 1.29 is 21.2 Å². The first kappa shape index (κ1) is 15.3. The molecule has 0 aliphatic carbocycles. The summed E-state index contributed by atoms with van der Waals surface area (Å²) in [6.45, 7) is 0. The highest BCUT2D eigenvalue weighted by Crippen LogP contribution is 2.21. The number of halogens is 1. The molecule has 9 nitrogen and oxygen atoms in total. The molecule has 0 aliphatic heterocycles. The van der Waals surface area contributed by atoms with E-state index in [9.17, 15) is 21.2 Å². The van der Waals surface area contributed by atoms with Crippen molar-refractivity contribution in [3.05, 3.63) is 30.3 Å². The van der Waals surface area contributed by atoms with Gasteiger partial charge in [-0.15, -0.1) is 0 Å². The maximum absolute atomic E-state index is 13.5. The molecule has 0 amide bonds. The van der Waals surface area contributed by atoms with Crippen LogP contribution in [-0.4, -0.2) is 31.6 Å². The maximum Gasteiger partial charge on any atom is 0.283 e. The molecule has 2 heterocycles. The number of aromatic nitrogens is 3. The highest BCUT2D eigenvalue weighted by Gasteiger charge is 2.26. The Bertz CT molecular complexity index is 891. The lowest BCUT2D eigenvalue weighted by Crippen LogP contribution is -2.19. The third-order valence-electron chi connectivity index (χ3n) is 2.31. The minimum atomic E-state index is -4.45. The van der Waals surface area contributed by atoms with Crippen molar-refractivity contribution in [3.8, 4) is 0 Å². The first-order chi connectivity index (χ1) is 9.61. The van der Waals surface area contributed by atoms with Crippen molar-refractivity contribution in [1.82, 2.24) is 14.8 Å². The van der Waals surface area contributed by atoms with Crippen molar-refractivity contribution in [1.29, 1.82) is 0 Å². The van der Waals surface area contributed by atoms with Crippen LogP contribution in [0, 0.1) is 5.82 Å². The van der Waals surface area contributed by atoms with Gasteiger partial charge in [-0.25, -0.2) is 22.9 Å². The number of hydrogen-bond donors (Lipinski definition) is 2. The molecule has 2 rings (SSSR count). The van der Waals surface area contributed by atoms with Crippen LogP contribution in [0.15, 0.2) is 34.4 Å². The zero-order valence-electron chi connectivity index (χ0n) is 10.6. The number of aryl methyl sites for hydroxylation is 1. The fourth-order valence-electron chi connectivity index (χ4n) is 1.49. The first-order valence-corrected chi connectivity index (χ1v) is 8.34. The molecule has 0 bridgehead atoms. The first-order valence-electron chi connectivity index (χ1n) is 5.31. The summed E-state index contributed by atoms with van der Waals surface area (Å²) in [6, 6.07) is 2.12. The predicted molar refractivity (Wildman–Crippen MR) is 69.6 cm³/mol. The molecule has 0 aliphatic rings. The summed E-state index contributed by atoms with van der Waals surface area (Å²) in [7, 11) is -7.28. The van der Waals surface area contributed by atoms with E-state index in [1.165, 1.54) is 13.1 Å². The fourth-order valence-corrected chi connectivity index (χ4v) is 3.24. The molecule has 0 atom stereocenters. The maximum atomic E-state index is 13.5. The van der Waals surface area contributed by atoms with Gasteiger partial charge in [0.05, 0.1) is 0 Å². The van der Waals surface area contributed by atoms with Crippen LogP contribution >= 0.6 is 0 Å². The van der Waals surface area contributed by atoms with E-state index in [1.807, 2.05) is 4.72 Å². The Balaban J connectivity index is 2.50. The fraction of sp³-hybridized carbons (Fsp3) is 0.111. The Labute approximate surface area is 119 Å². The smallest absolute Gasteiger partial charge is 0.272 e. The Kier molecular flexibility index (Phi) is 3.69. The van der Waals surface area contributed by atoms with Crippen molar-refractivity contribution in [3.63, 3.8) is 0 Å². The van der Waals surface area contributed by atoms with Gasteiger partial charge >= 0.3 is 0 Å². The van der Waals surface area contributed by atoms with E-state index in [0.717, 1.165) is 23.1 Å². The Morgan fingerprint density at radius 1 is 1.33 bits per heavy atom. The Hall–Kier alpha value is -2.05. The average Bonchev–Trinajstić information content (AvgIpc) is 2.69. The van der Waals surface area contributed by atoms with Crippen molar-refractivity contribution in [2.24, 2.45) is 12.2 Å². The van der Waals surface area contributed by atoms with Gasteiger partial charge in [0.25, 0.3) is 10.0 Å². The van der Waals surface area contributed by atoms with Gasteiger partial charge in [0, 0.05) is 19.4 Å². The second-order valence-electron chi connectivity index (χ2n) is 3.96. The molecular formula is C9H10FN5O4S2. The van der Waals surface area contributed by atoms with E-state index in [0.29, 0.717) is 0 Å². The molecular weight excluding hydrogens is 325 g/mol. The van der Waals surface area contributed by atoms with Gasteiger partial charge < -0.3 is 0 Å². The lowest BCUT2D eigenvalue weighted by molar-refractivity contribution is 0.556. The molecule has 2 aromatic heterocycles. The van der Waals surface area contributed by atoms with E-state index in [1.54, 1.807) is 0 Å². The molecule has 12 heteroatoms. The zero-order chi connectivity index (χ0) is 15.8. The lowest BCUT2D eigenvalue weighted by atomic mass is 10.5. The molecule has 0 aromatic carbocycles. The van der Waals surface area contributed by atoms with Crippen LogP contribution in [-0.2, 0) is 27.1 Å².